The number of carbonyl (C=O) groups is 2. The Morgan fingerprint density at radius 1 is 1.07 bits per heavy atom. The van der Waals surface area contributed by atoms with Crippen LogP contribution in [0.5, 0.6) is 17.2 Å². The molecule has 1 saturated heterocycles. The molecular formula is C21H24N2O5. The van der Waals surface area contributed by atoms with Crippen LogP contribution in [0.15, 0.2) is 36.4 Å². The third kappa shape index (κ3) is 3.88. The number of carbonyl (C=O) groups excluding carboxylic acids is 2. The van der Waals surface area contributed by atoms with Gasteiger partial charge in [-0.2, -0.15) is 0 Å². The molecule has 0 bridgehead atoms. The van der Waals surface area contributed by atoms with Crippen LogP contribution in [0.25, 0.3) is 0 Å². The van der Waals surface area contributed by atoms with Gasteiger partial charge in [0, 0.05) is 30.8 Å². The van der Waals surface area contributed by atoms with Gasteiger partial charge in [0.15, 0.2) is 11.5 Å². The largest absolute Gasteiger partial charge is 0.493 e. The highest BCUT2D eigenvalue weighted by atomic mass is 16.5. The molecule has 1 unspecified atom stereocenters. The molecular weight excluding hydrogens is 360 g/mol. The summed E-state index contributed by atoms with van der Waals surface area (Å²) in [6.07, 6.45) is 0.147. The van der Waals surface area contributed by atoms with Crippen molar-refractivity contribution >= 4 is 23.2 Å². The number of nitrogens with one attached hydrogen (secondary N) is 1. The topological polar surface area (TPSA) is 77.1 Å². The first-order chi connectivity index (χ1) is 13.5. The molecule has 2 aromatic rings. The summed E-state index contributed by atoms with van der Waals surface area (Å²) in [6, 6.07) is 11.0. The first kappa shape index (κ1) is 19.5. The smallest absolute Gasteiger partial charge is 0.229 e. The molecule has 1 fully saturated rings. The Hall–Kier alpha value is -3.22. The molecule has 3 rings (SSSR count). The monoisotopic (exact) mass is 384 g/mol. The number of methoxy groups -OCH3 is 3. The summed E-state index contributed by atoms with van der Waals surface area (Å²) in [5.41, 5.74) is 2.38. The highest BCUT2D eigenvalue weighted by Crippen LogP contribution is 2.42. The Morgan fingerprint density at radius 2 is 1.75 bits per heavy atom. The second-order valence-electron chi connectivity index (χ2n) is 6.65. The van der Waals surface area contributed by atoms with E-state index in [9.17, 15) is 9.59 Å². The lowest BCUT2D eigenvalue weighted by molar-refractivity contribution is -0.122. The lowest BCUT2D eigenvalue weighted by atomic mass is 10.1. The molecule has 1 aliphatic heterocycles. The number of aryl methyl sites for hydroxylation is 1. The van der Waals surface area contributed by atoms with E-state index in [0.717, 1.165) is 11.3 Å². The average Bonchev–Trinajstić information content (AvgIpc) is 3.08. The molecule has 0 aliphatic carbocycles. The number of rotatable bonds is 6. The standard InChI is InChI=1S/C21H24N2O5/c1-13-6-5-7-15(8-13)22-21(25)14-9-19(24)23(12-14)16-10-17(26-2)20(28-4)18(11-16)27-3/h5-8,10-11,14H,9,12H2,1-4H3,(H,22,25). The lowest BCUT2D eigenvalue weighted by Gasteiger charge is -2.20. The van der Waals surface area contributed by atoms with Gasteiger partial charge in [0.1, 0.15) is 0 Å². The number of hydrogen-bond donors (Lipinski definition) is 1. The number of benzene rings is 2. The predicted molar refractivity (Wildman–Crippen MR) is 106 cm³/mol. The number of amides is 2. The highest BCUT2D eigenvalue weighted by Gasteiger charge is 2.36. The van der Waals surface area contributed by atoms with Crippen molar-refractivity contribution in [3.05, 3.63) is 42.0 Å². The molecule has 1 heterocycles. The molecule has 0 radical (unpaired) electrons. The van der Waals surface area contributed by atoms with Gasteiger partial charge >= 0.3 is 0 Å². The highest BCUT2D eigenvalue weighted by molar-refractivity contribution is 6.03. The van der Waals surface area contributed by atoms with Crippen LogP contribution >= 0.6 is 0 Å². The lowest BCUT2D eigenvalue weighted by Crippen LogP contribution is -2.28. The summed E-state index contributed by atoms with van der Waals surface area (Å²) in [5.74, 6) is 0.628. The zero-order valence-electron chi connectivity index (χ0n) is 16.4. The molecule has 0 aromatic heterocycles. The van der Waals surface area contributed by atoms with Crippen molar-refractivity contribution in [2.45, 2.75) is 13.3 Å². The second-order valence-corrected chi connectivity index (χ2v) is 6.65. The molecule has 1 aliphatic rings. The van der Waals surface area contributed by atoms with Gasteiger partial charge in [-0.25, -0.2) is 0 Å². The third-order valence-electron chi connectivity index (χ3n) is 4.74. The molecule has 148 valence electrons. The molecule has 7 heteroatoms. The number of hydrogen-bond acceptors (Lipinski definition) is 5. The summed E-state index contributed by atoms with van der Waals surface area (Å²) in [7, 11) is 4.56. The van der Waals surface area contributed by atoms with Crippen LogP contribution in [0.3, 0.4) is 0 Å². The van der Waals surface area contributed by atoms with Gasteiger partial charge in [-0.15, -0.1) is 0 Å². The van der Waals surface area contributed by atoms with E-state index in [4.69, 9.17) is 14.2 Å². The Balaban J connectivity index is 1.80. The Labute approximate surface area is 164 Å². The predicted octanol–water partition coefficient (Wildman–Crippen LogP) is 3.01. The first-order valence-electron chi connectivity index (χ1n) is 8.94. The van der Waals surface area contributed by atoms with Crippen LogP contribution in [0, 0.1) is 12.8 Å². The van der Waals surface area contributed by atoms with Gasteiger partial charge in [0.05, 0.1) is 32.9 Å². The van der Waals surface area contributed by atoms with Gasteiger partial charge in [0.2, 0.25) is 17.6 Å². The van der Waals surface area contributed by atoms with Gasteiger partial charge in [-0.3, -0.25) is 9.59 Å². The van der Waals surface area contributed by atoms with Crippen LogP contribution in [-0.2, 0) is 9.59 Å². The van der Waals surface area contributed by atoms with Crippen molar-refractivity contribution in [1.82, 2.24) is 0 Å². The summed E-state index contributed by atoms with van der Waals surface area (Å²) >= 11 is 0. The van der Waals surface area contributed by atoms with E-state index in [-0.39, 0.29) is 24.8 Å². The summed E-state index contributed by atoms with van der Waals surface area (Å²) < 4.78 is 16.0. The van der Waals surface area contributed by atoms with Crippen LogP contribution in [0.4, 0.5) is 11.4 Å². The zero-order chi connectivity index (χ0) is 20.3. The Bertz CT molecular complexity index is 871. The SMILES string of the molecule is COc1cc(N2CC(C(=O)Nc3cccc(C)c3)CC2=O)cc(OC)c1OC. The average molecular weight is 384 g/mol. The number of anilines is 2. The van der Waals surface area contributed by atoms with Crippen molar-refractivity contribution in [3.63, 3.8) is 0 Å². The quantitative estimate of drug-likeness (QED) is 0.828. The van der Waals surface area contributed by atoms with Crippen molar-refractivity contribution in [1.29, 1.82) is 0 Å². The van der Waals surface area contributed by atoms with E-state index in [2.05, 4.69) is 5.32 Å². The fraction of sp³-hybridized carbons (Fsp3) is 0.333. The van der Waals surface area contributed by atoms with E-state index in [1.807, 2.05) is 31.2 Å². The van der Waals surface area contributed by atoms with Crippen molar-refractivity contribution in [2.75, 3.05) is 38.1 Å². The van der Waals surface area contributed by atoms with Crippen LogP contribution < -0.4 is 24.4 Å². The maximum atomic E-state index is 12.6. The Kier molecular flexibility index (Phi) is 5.73. The maximum Gasteiger partial charge on any atom is 0.229 e. The van der Waals surface area contributed by atoms with Crippen LogP contribution in [-0.4, -0.2) is 39.7 Å². The minimum absolute atomic E-state index is 0.126. The summed E-state index contributed by atoms with van der Waals surface area (Å²) in [6.45, 7) is 2.25. The first-order valence-corrected chi connectivity index (χ1v) is 8.94. The van der Waals surface area contributed by atoms with Crippen molar-refractivity contribution in [2.24, 2.45) is 5.92 Å². The fourth-order valence-electron chi connectivity index (χ4n) is 3.32. The maximum absolute atomic E-state index is 12.6. The fourth-order valence-corrected chi connectivity index (χ4v) is 3.32. The van der Waals surface area contributed by atoms with E-state index in [1.165, 1.54) is 21.3 Å². The Morgan fingerprint density at radius 3 is 2.32 bits per heavy atom. The molecule has 0 spiro atoms. The van der Waals surface area contributed by atoms with Gasteiger partial charge in [0.25, 0.3) is 0 Å². The van der Waals surface area contributed by atoms with E-state index >= 15 is 0 Å². The molecule has 2 aromatic carbocycles. The molecule has 7 nitrogen and oxygen atoms in total. The van der Waals surface area contributed by atoms with E-state index < -0.39 is 5.92 Å². The van der Waals surface area contributed by atoms with Crippen LogP contribution in [0.1, 0.15) is 12.0 Å². The van der Waals surface area contributed by atoms with Gasteiger partial charge in [-0.05, 0) is 24.6 Å². The normalized spacial score (nSPS) is 16.1. The zero-order valence-corrected chi connectivity index (χ0v) is 16.4. The second kappa shape index (κ2) is 8.21. The van der Waals surface area contributed by atoms with Crippen molar-refractivity contribution in [3.8, 4) is 17.2 Å². The van der Waals surface area contributed by atoms with Crippen LogP contribution in [0.2, 0.25) is 0 Å². The summed E-state index contributed by atoms with van der Waals surface area (Å²) in [4.78, 5) is 26.8. The van der Waals surface area contributed by atoms with E-state index in [0.29, 0.717) is 22.9 Å². The van der Waals surface area contributed by atoms with Gasteiger partial charge in [-0.1, -0.05) is 12.1 Å². The molecule has 0 saturated carbocycles. The molecule has 1 N–H and O–H groups in total. The number of nitrogens with zero attached hydrogens (tertiary/aromatic N) is 1. The molecule has 1 atom stereocenters. The van der Waals surface area contributed by atoms with Crippen molar-refractivity contribution < 1.29 is 23.8 Å². The van der Waals surface area contributed by atoms with E-state index in [1.54, 1.807) is 17.0 Å². The van der Waals surface area contributed by atoms with Gasteiger partial charge < -0.3 is 24.4 Å². The minimum Gasteiger partial charge on any atom is -0.493 e. The molecule has 28 heavy (non-hydrogen) atoms. The third-order valence-corrected chi connectivity index (χ3v) is 4.74. The molecule has 2 amide bonds. The number of ether oxygens (including phenoxy) is 3. The minimum atomic E-state index is -0.438. The summed E-state index contributed by atoms with van der Waals surface area (Å²) in [5, 5.41) is 2.89.